The molecule has 0 aliphatic rings. The lowest BCUT2D eigenvalue weighted by atomic mass is 10.2. The van der Waals surface area contributed by atoms with Crippen LogP contribution in [-0.2, 0) is 51.2 Å². The van der Waals surface area contributed by atoms with E-state index in [1.165, 1.54) is 6.92 Å². The lowest BCUT2D eigenvalue weighted by Crippen LogP contribution is -2.41. The van der Waals surface area contributed by atoms with Crippen LogP contribution >= 0.6 is 0 Å². The van der Waals surface area contributed by atoms with Crippen molar-refractivity contribution < 1.29 is 45.5 Å². The number of rotatable bonds is 13. The van der Waals surface area contributed by atoms with Crippen molar-refractivity contribution >= 4 is 47.6 Å². The van der Waals surface area contributed by atoms with Gasteiger partial charge in [0.2, 0.25) is 16.6 Å². The SMILES string of the molecule is CCC(OS(C)(=O)=O)C(COS(=O)(=O)O[Si](C)(C)C)OS(=O)(=O)O[Si](C)(C)C. The molecule has 0 aromatic carbocycles. The molecule has 0 amide bonds. The van der Waals surface area contributed by atoms with Gasteiger partial charge in [-0.15, -0.1) is 0 Å². The molecule has 0 aliphatic heterocycles. The minimum Gasteiger partial charge on any atom is -0.294 e. The van der Waals surface area contributed by atoms with Crippen LogP contribution in [-0.4, -0.2) is 67.0 Å². The maximum absolute atomic E-state index is 12.2. The molecular formula is C12H30O11S3Si2. The Kier molecular flexibility index (Phi) is 9.96. The van der Waals surface area contributed by atoms with E-state index in [-0.39, 0.29) is 6.42 Å². The van der Waals surface area contributed by atoms with E-state index in [9.17, 15) is 25.3 Å². The summed E-state index contributed by atoms with van der Waals surface area (Å²) in [6.07, 6.45) is -2.19. The Morgan fingerprint density at radius 2 is 1.14 bits per heavy atom. The summed E-state index contributed by atoms with van der Waals surface area (Å²) in [7, 11) is -18.2. The zero-order valence-corrected chi connectivity index (χ0v) is 21.7. The van der Waals surface area contributed by atoms with Crippen molar-refractivity contribution in [3.8, 4) is 0 Å². The van der Waals surface area contributed by atoms with Gasteiger partial charge >= 0.3 is 20.8 Å². The third-order valence-corrected chi connectivity index (χ3v) is 9.58. The smallest absolute Gasteiger partial charge is 0.294 e. The summed E-state index contributed by atoms with van der Waals surface area (Å²) in [6, 6.07) is 0. The summed E-state index contributed by atoms with van der Waals surface area (Å²) < 4.78 is 95.4. The molecule has 0 N–H and O–H groups in total. The Bertz CT molecular complexity index is 808. The van der Waals surface area contributed by atoms with Crippen molar-refractivity contribution in [2.45, 2.75) is 64.8 Å². The predicted octanol–water partition coefficient (Wildman–Crippen LogP) is 1.34. The summed E-state index contributed by atoms with van der Waals surface area (Å²) >= 11 is 0. The first-order chi connectivity index (χ1) is 12.1. The molecule has 0 saturated carbocycles. The molecule has 0 aliphatic carbocycles. The fourth-order valence-corrected chi connectivity index (χ4v) is 8.51. The third-order valence-electron chi connectivity index (χ3n) is 2.44. The molecule has 2 unspecified atom stereocenters. The Morgan fingerprint density at radius 1 is 0.714 bits per heavy atom. The molecule has 2 atom stereocenters. The topological polar surface area (TPSA) is 149 Å². The Balaban J connectivity index is 5.62. The van der Waals surface area contributed by atoms with Crippen LogP contribution in [0, 0.1) is 0 Å². The van der Waals surface area contributed by atoms with Crippen LogP contribution in [0.3, 0.4) is 0 Å². The van der Waals surface area contributed by atoms with Gasteiger partial charge in [0, 0.05) is 0 Å². The van der Waals surface area contributed by atoms with E-state index in [4.69, 9.17) is 20.3 Å². The van der Waals surface area contributed by atoms with E-state index in [1.54, 1.807) is 39.3 Å². The second kappa shape index (κ2) is 9.93. The first-order valence-electron chi connectivity index (χ1n) is 8.27. The second-order valence-corrected chi connectivity index (χ2v) is 21.3. The number of hydrogen-bond donors (Lipinski definition) is 0. The third kappa shape index (κ3) is 14.1. The molecule has 0 aromatic heterocycles. The Hall–Kier alpha value is 0.0838. The van der Waals surface area contributed by atoms with Gasteiger partial charge in [0.1, 0.15) is 12.2 Å². The molecular weight excluding hydrogens is 472 g/mol. The van der Waals surface area contributed by atoms with Crippen LogP contribution in [0.15, 0.2) is 0 Å². The van der Waals surface area contributed by atoms with Crippen molar-refractivity contribution in [1.29, 1.82) is 0 Å². The molecule has 0 heterocycles. The van der Waals surface area contributed by atoms with Gasteiger partial charge in [-0.05, 0) is 45.7 Å². The van der Waals surface area contributed by atoms with Crippen LogP contribution in [0.2, 0.25) is 39.3 Å². The van der Waals surface area contributed by atoms with E-state index in [2.05, 4.69) is 0 Å². The molecule has 0 rings (SSSR count). The van der Waals surface area contributed by atoms with Gasteiger partial charge in [0.05, 0.1) is 12.9 Å². The zero-order valence-electron chi connectivity index (χ0n) is 17.3. The zero-order chi connectivity index (χ0) is 22.6. The maximum Gasteiger partial charge on any atom is 0.390 e. The predicted molar refractivity (Wildman–Crippen MR) is 108 cm³/mol. The van der Waals surface area contributed by atoms with Crippen molar-refractivity contribution in [2.24, 2.45) is 0 Å². The summed E-state index contributed by atoms with van der Waals surface area (Å²) in [6.45, 7) is 10.3. The molecule has 11 nitrogen and oxygen atoms in total. The van der Waals surface area contributed by atoms with Gasteiger partial charge in [0.25, 0.3) is 10.1 Å². The minimum atomic E-state index is -4.57. The summed E-state index contributed by atoms with van der Waals surface area (Å²) in [5.74, 6) is 0. The maximum atomic E-state index is 12.2. The molecule has 16 heteroatoms. The molecule has 0 bridgehead atoms. The van der Waals surface area contributed by atoms with Gasteiger partial charge in [-0.25, -0.2) is 8.37 Å². The normalized spacial score (nSPS) is 16.7. The second-order valence-electron chi connectivity index (χ2n) is 7.87. The highest BCUT2D eigenvalue weighted by Gasteiger charge is 2.36. The Morgan fingerprint density at radius 3 is 1.50 bits per heavy atom. The quantitative estimate of drug-likeness (QED) is 0.265. The van der Waals surface area contributed by atoms with Crippen LogP contribution in [0.1, 0.15) is 13.3 Å². The summed E-state index contributed by atoms with van der Waals surface area (Å²) in [5.41, 5.74) is 0. The molecule has 0 spiro atoms. The summed E-state index contributed by atoms with van der Waals surface area (Å²) in [5, 5.41) is 0. The minimum absolute atomic E-state index is 0.0154. The van der Waals surface area contributed by atoms with Crippen LogP contribution in [0.5, 0.6) is 0 Å². The standard InChI is InChI=1S/C12H30O11S3Si2/c1-9-11(20-24(2,13)14)12(21-26(17,18)23-28(6,7)8)10-19-25(15,16)22-27(3,4)5/h11-12H,9-10H2,1-8H3. The first kappa shape index (κ1) is 28.1. The van der Waals surface area contributed by atoms with E-state index in [0.29, 0.717) is 0 Å². The van der Waals surface area contributed by atoms with E-state index >= 15 is 0 Å². The summed E-state index contributed by atoms with van der Waals surface area (Å²) in [4.78, 5) is 0. The lowest BCUT2D eigenvalue weighted by Gasteiger charge is -2.26. The molecule has 0 saturated heterocycles. The Labute approximate surface area is 170 Å². The van der Waals surface area contributed by atoms with Crippen LogP contribution in [0.4, 0.5) is 0 Å². The average molecular weight is 503 g/mol. The highest BCUT2D eigenvalue weighted by atomic mass is 32.3. The average Bonchev–Trinajstić information content (AvgIpc) is 2.34. The largest absolute Gasteiger partial charge is 0.390 e. The first-order valence-corrected chi connectivity index (χ1v) is 19.6. The van der Waals surface area contributed by atoms with Gasteiger partial charge in [-0.2, -0.15) is 25.3 Å². The number of hydrogen-bond acceptors (Lipinski definition) is 11. The van der Waals surface area contributed by atoms with Crippen LogP contribution < -0.4 is 0 Å². The fourth-order valence-electron chi connectivity index (χ4n) is 1.77. The van der Waals surface area contributed by atoms with Gasteiger partial charge in [-0.1, -0.05) is 6.92 Å². The monoisotopic (exact) mass is 502 g/mol. The van der Waals surface area contributed by atoms with Crippen molar-refractivity contribution in [2.75, 3.05) is 12.9 Å². The molecule has 0 aromatic rings. The van der Waals surface area contributed by atoms with E-state index < -0.39 is 66.4 Å². The highest BCUT2D eigenvalue weighted by molar-refractivity contribution is 7.86. The highest BCUT2D eigenvalue weighted by Crippen LogP contribution is 2.19. The molecule has 0 fully saturated rings. The van der Waals surface area contributed by atoms with E-state index in [0.717, 1.165) is 6.26 Å². The molecule has 0 radical (unpaired) electrons. The van der Waals surface area contributed by atoms with Crippen molar-refractivity contribution in [3.63, 3.8) is 0 Å². The van der Waals surface area contributed by atoms with Gasteiger partial charge in [-0.3, -0.25) is 11.9 Å². The van der Waals surface area contributed by atoms with Gasteiger partial charge < -0.3 is 0 Å². The van der Waals surface area contributed by atoms with Gasteiger partial charge in [0.15, 0.2) is 0 Å². The molecule has 170 valence electrons. The van der Waals surface area contributed by atoms with E-state index in [1.807, 2.05) is 0 Å². The van der Waals surface area contributed by atoms with Crippen molar-refractivity contribution in [1.82, 2.24) is 0 Å². The lowest BCUT2D eigenvalue weighted by molar-refractivity contribution is 0.0215. The fraction of sp³-hybridized carbons (Fsp3) is 1.00. The van der Waals surface area contributed by atoms with Crippen molar-refractivity contribution in [3.05, 3.63) is 0 Å². The molecule has 28 heavy (non-hydrogen) atoms. The van der Waals surface area contributed by atoms with Crippen LogP contribution in [0.25, 0.3) is 0 Å².